The average Bonchev–Trinajstić information content (AvgIpc) is 2.54. The standard InChI is InChI=1S/C17H9F2N3O/c18-12-7-10(9-20)8-13(19)15(12)17(23)22-14-5-1-3-11-4-2-6-21-16(11)14/h1-8H,(H,22,23). The number of rotatable bonds is 2. The Hall–Kier alpha value is -3.33. The van der Waals surface area contributed by atoms with Crippen molar-refractivity contribution in [2.75, 3.05) is 5.32 Å². The summed E-state index contributed by atoms with van der Waals surface area (Å²) in [7, 11) is 0. The fourth-order valence-electron chi connectivity index (χ4n) is 2.24. The van der Waals surface area contributed by atoms with E-state index in [0.717, 1.165) is 17.5 Å². The molecule has 0 spiro atoms. The summed E-state index contributed by atoms with van der Waals surface area (Å²) in [6.45, 7) is 0. The molecule has 0 fully saturated rings. The molecule has 4 nitrogen and oxygen atoms in total. The first kappa shape index (κ1) is 14.6. The van der Waals surface area contributed by atoms with E-state index in [9.17, 15) is 13.6 Å². The number of hydrogen-bond acceptors (Lipinski definition) is 3. The molecule has 3 aromatic rings. The maximum Gasteiger partial charge on any atom is 0.261 e. The predicted octanol–water partition coefficient (Wildman–Crippen LogP) is 3.64. The zero-order chi connectivity index (χ0) is 16.4. The molecule has 3 rings (SSSR count). The highest BCUT2D eigenvalue weighted by Crippen LogP contribution is 2.23. The third-order valence-electron chi connectivity index (χ3n) is 3.28. The Balaban J connectivity index is 2.01. The fourth-order valence-corrected chi connectivity index (χ4v) is 2.24. The Labute approximate surface area is 130 Å². The molecular formula is C17H9F2N3O. The first-order valence-electron chi connectivity index (χ1n) is 6.64. The van der Waals surface area contributed by atoms with Gasteiger partial charge in [-0.3, -0.25) is 9.78 Å². The van der Waals surface area contributed by atoms with Gasteiger partial charge in [0, 0.05) is 11.6 Å². The number of halogens is 2. The largest absolute Gasteiger partial charge is 0.320 e. The van der Waals surface area contributed by atoms with Crippen LogP contribution in [0.5, 0.6) is 0 Å². The number of nitriles is 1. The molecule has 1 amide bonds. The van der Waals surface area contributed by atoms with Gasteiger partial charge in [0.05, 0.1) is 22.8 Å². The Morgan fingerprint density at radius 3 is 2.52 bits per heavy atom. The van der Waals surface area contributed by atoms with Crippen molar-refractivity contribution in [2.45, 2.75) is 0 Å². The number of nitrogens with zero attached hydrogens (tertiary/aromatic N) is 2. The molecule has 2 aromatic carbocycles. The minimum atomic E-state index is -1.09. The van der Waals surface area contributed by atoms with E-state index < -0.39 is 23.1 Å². The van der Waals surface area contributed by atoms with Gasteiger partial charge in [-0.2, -0.15) is 5.26 Å². The molecule has 1 N–H and O–H groups in total. The highest BCUT2D eigenvalue weighted by Gasteiger charge is 2.19. The van der Waals surface area contributed by atoms with E-state index in [1.54, 1.807) is 42.6 Å². The van der Waals surface area contributed by atoms with E-state index in [1.165, 1.54) is 0 Å². The van der Waals surface area contributed by atoms with Crippen LogP contribution in [0.15, 0.2) is 48.7 Å². The topological polar surface area (TPSA) is 65.8 Å². The van der Waals surface area contributed by atoms with Gasteiger partial charge in [-0.15, -0.1) is 0 Å². The van der Waals surface area contributed by atoms with Crippen LogP contribution in [-0.2, 0) is 0 Å². The maximum atomic E-state index is 13.9. The van der Waals surface area contributed by atoms with Gasteiger partial charge in [0.25, 0.3) is 5.91 Å². The van der Waals surface area contributed by atoms with Crippen LogP contribution in [0.2, 0.25) is 0 Å². The van der Waals surface area contributed by atoms with Gasteiger partial charge in [0.2, 0.25) is 0 Å². The van der Waals surface area contributed by atoms with Gasteiger partial charge in [-0.25, -0.2) is 8.78 Å². The molecule has 1 aromatic heterocycles. The second kappa shape index (κ2) is 5.81. The molecule has 0 aliphatic carbocycles. The van der Waals surface area contributed by atoms with E-state index in [4.69, 9.17) is 5.26 Å². The molecule has 1 heterocycles. The number of nitrogens with one attached hydrogen (secondary N) is 1. The molecule has 0 atom stereocenters. The van der Waals surface area contributed by atoms with E-state index in [0.29, 0.717) is 11.2 Å². The smallest absolute Gasteiger partial charge is 0.261 e. The SMILES string of the molecule is N#Cc1cc(F)c(C(=O)Nc2cccc3cccnc23)c(F)c1. The van der Waals surface area contributed by atoms with Crippen LogP contribution in [0.4, 0.5) is 14.5 Å². The van der Waals surface area contributed by atoms with E-state index in [-0.39, 0.29) is 5.56 Å². The van der Waals surface area contributed by atoms with Gasteiger partial charge < -0.3 is 5.32 Å². The van der Waals surface area contributed by atoms with Crippen LogP contribution in [0.25, 0.3) is 10.9 Å². The van der Waals surface area contributed by atoms with Crippen LogP contribution in [0.1, 0.15) is 15.9 Å². The Kier molecular flexibility index (Phi) is 3.69. The lowest BCUT2D eigenvalue weighted by Gasteiger charge is -2.09. The van der Waals surface area contributed by atoms with E-state index >= 15 is 0 Å². The highest BCUT2D eigenvalue weighted by molar-refractivity contribution is 6.08. The van der Waals surface area contributed by atoms with Gasteiger partial charge in [-0.1, -0.05) is 18.2 Å². The number of pyridine rings is 1. The minimum absolute atomic E-state index is 0.191. The summed E-state index contributed by atoms with van der Waals surface area (Å²) in [6.07, 6.45) is 1.56. The maximum absolute atomic E-state index is 13.9. The van der Waals surface area contributed by atoms with E-state index in [2.05, 4.69) is 10.3 Å². The van der Waals surface area contributed by atoms with Crippen LogP contribution in [0.3, 0.4) is 0 Å². The summed E-state index contributed by atoms with van der Waals surface area (Å²) in [6, 6.07) is 11.9. The first-order valence-corrected chi connectivity index (χ1v) is 6.64. The molecule has 0 saturated heterocycles. The fraction of sp³-hybridized carbons (Fsp3) is 0. The molecule has 0 aliphatic rings. The lowest BCUT2D eigenvalue weighted by atomic mass is 10.1. The molecule has 0 saturated carbocycles. The summed E-state index contributed by atoms with van der Waals surface area (Å²) >= 11 is 0. The zero-order valence-corrected chi connectivity index (χ0v) is 11.7. The molecule has 0 aliphatic heterocycles. The quantitative estimate of drug-likeness (QED) is 0.786. The summed E-state index contributed by atoms with van der Waals surface area (Å²) < 4.78 is 27.8. The number of fused-ring (bicyclic) bond motifs is 1. The molecule has 0 unspecified atom stereocenters. The van der Waals surface area contributed by atoms with Crippen LogP contribution in [-0.4, -0.2) is 10.9 Å². The highest BCUT2D eigenvalue weighted by atomic mass is 19.1. The first-order chi connectivity index (χ1) is 11.1. The molecule has 23 heavy (non-hydrogen) atoms. The number of benzene rings is 2. The van der Waals surface area contributed by atoms with Crippen molar-refractivity contribution in [3.63, 3.8) is 0 Å². The second-order valence-electron chi connectivity index (χ2n) is 4.76. The van der Waals surface area contributed by atoms with Crippen LogP contribution < -0.4 is 5.32 Å². The van der Waals surface area contributed by atoms with Gasteiger partial charge in [0.1, 0.15) is 17.2 Å². The van der Waals surface area contributed by atoms with E-state index in [1.807, 2.05) is 0 Å². The van der Waals surface area contributed by atoms with Gasteiger partial charge in [-0.05, 0) is 24.3 Å². The molecular weight excluding hydrogens is 300 g/mol. The number of aromatic nitrogens is 1. The molecule has 6 heteroatoms. The van der Waals surface area contributed by atoms with Crippen molar-refractivity contribution >= 4 is 22.5 Å². The van der Waals surface area contributed by atoms with Crippen molar-refractivity contribution < 1.29 is 13.6 Å². The van der Waals surface area contributed by atoms with Crippen molar-refractivity contribution in [2.24, 2.45) is 0 Å². The average molecular weight is 309 g/mol. The van der Waals surface area contributed by atoms with Crippen LogP contribution in [0, 0.1) is 23.0 Å². The lowest BCUT2D eigenvalue weighted by Crippen LogP contribution is -2.16. The number of para-hydroxylation sites is 1. The molecule has 0 radical (unpaired) electrons. The Morgan fingerprint density at radius 1 is 1.13 bits per heavy atom. The monoisotopic (exact) mass is 309 g/mol. The van der Waals surface area contributed by atoms with Gasteiger partial charge in [0.15, 0.2) is 0 Å². The number of amides is 1. The van der Waals surface area contributed by atoms with Crippen molar-refractivity contribution in [3.05, 3.63) is 71.4 Å². The molecule has 0 bridgehead atoms. The summed E-state index contributed by atoms with van der Waals surface area (Å²) in [5.41, 5.74) is -0.0746. The second-order valence-corrected chi connectivity index (χ2v) is 4.76. The number of hydrogen-bond donors (Lipinski definition) is 1. The summed E-state index contributed by atoms with van der Waals surface area (Å²) in [5, 5.41) is 11.9. The number of carbonyl (C=O) groups is 1. The third-order valence-corrected chi connectivity index (χ3v) is 3.28. The predicted molar refractivity (Wildman–Crippen MR) is 80.8 cm³/mol. The summed E-state index contributed by atoms with van der Waals surface area (Å²) in [4.78, 5) is 16.4. The summed E-state index contributed by atoms with van der Waals surface area (Å²) in [5.74, 6) is -3.12. The zero-order valence-electron chi connectivity index (χ0n) is 11.7. The van der Waals surface area contributed by atoms with Crippen molar-refractivity contribution in [1.29, 1.82) is 5.26 Å². The van der Waals surface area contributed by atoms with Crippen LogP contribution >= 0.6 is 0 Å². The normalized spacial score (nSPS) is 10.3. The third kappa shape index (κ3) is 2.72. The van der Waals surface area contributed by atoms with Gasteiger partial charge >= 0.3 is 0 Å². The minimum Gasteiger partial charge on any atom is -0.320 e. The van der Waals surface area contributed by atoms with Crippen molar-refractivity contribution in [3.8, 4) is 6.07 Å². The molecule has 112 valence electrons. The van der Waals surface area contributed by atoms with Crippen molar-refractivity contribution in [1.82, 2.24) is 4.98 Å². The Bertz CT molecular complexity index is 935. The number of anilines is 1. The Morgan fingerprint density at radius 2 is 1.83 bits per heavy atom. The number of carbonyl (C=O) groups excluding carboxylic acids is 1. The lowest BCUT2D eigenvalue weighted by molar-refractivity contribution is 0.101.